The Hall–Kier alpha value is -1.80. The van der Waals surface area contributed by atoms with E-state index in [-0.39, 0.29) is 10.8 Å². The number of benzene rings is 1. The number of azide groups is 1. The van der Waals surface area contributed by atoms with Gasteiger partial charge in [0.2, 0.25) is 0 Å². The van der Waals surface area contributed by atoms with Gasteiger partial charge in [0.05, 0.1) is 95.0 Å². The van der Waals surface area contributed by atoms with Gasteiger partial charge in [-0.05, 0) is 50.4 Å². The normalized spacial score (nSPS) is 13.1. The van der Waals surface area contributed by atoms with Crippen LogP contribution in [0.4, 0.5) is 0 Å². The molecule has 0 amide bonds. The van der Waals surface area contributed by atoms with Crippen molar-refractivity contribution in [3.63, 3.8) is 0 Å². The average Bonchev–Trinajstić information content (AvgIpc) is 2.95. The van der Waals surface area contributed by atoms with Crippen LogP contribution in [0.25, 0.3) is 10.4 Å². The molecular weight excluding hydrogens is 552 g/mol. The molecule has 0 aliphatic carbocycles. The van der Waals surface area contributed by atoms with Gasteiger partial charge < -0.3 is 33.2 Å². The van der Waals surface area contributed by atoms with Crippen LogP contribution in [0.15, 0.2) is 29.4 Å². The summed E-state index contributed by atoms with van der Waals surface area (Å²) in [7, 11) is -1.13. The van der Waals surface area contributed by atoms with E-state index in [0.717, 1.165) is 24.2 Å². The highest BCUT2D eigenvalue weighted by atomic mass is 32.2. The maximum absolute atomic E-state index is 12.5. The summed E-state index contributed by atoms with van der Waals surface area (Å²) in [6.45, 7) is 14.5. The predicted molar refractivity (Wildman–Crippen MR) is 160 cm³/mol. The van der Waals surface area contributed by atoms with E-state index in [1.165, 1.54) is 0 Å². The van der Waals surface area contributed by atoms with Crippen molar-refractivity contribution in [3.8, 4) is 5.75 Å². The van der Waals surface area contributed by atoms with E-state index in [9.17, 15) is 4.21 Å². The van der Waals surface area contributed by atoms with Crippen LogP contribution in [0, 0.1) is 0 Å². The predicted octanol–water partition coefficient (Wildman–Crippen LogP) is 4.37. The topological polar surface area (TPSA) is 142 Å². The van der Waals surface area contributed by atoms with Gasteiger partial charge in [0, 0.05) is 17.5 Å². The fourth-order valence-corrected chi connectivity index (χ4v) is 4.12. The number of hydrogen-bond acceptors (Lipinski definition) is 9. The molecule has 0 radical (unpaired) electrons. The quantitative estimate of drug-likeness (QED) is 0.0677. The van der Waals surface area contributed by atoms with Crippen molar-refractivity contribution < 1.29 is 37.4 Å². The van der Waals surface area contributed by atoms with Gasteiger partial charge in [0.1, 0.15) is 12.4 Å². The molecule has 0 aromatic heterocycles. The number of nitrogens with one attached hydrogen (secondary N) is 1. The van der Waals surface area contributed by atoms with Gasteiger partial charge in [0.15, 0.2) is 0 Å². The van der Waals surface area contributed by atoms with Crippen LogP contribution in [-0.4, -0.2) is 101 Å². The van der Waals surface area contributed by atoms with E-state index in [1.54, 1.807) is 0 Å². The van der Waals surface area contributed by atoms with Crippen molar-refractivity contribution in [2.24, 2.45) is 5.11 Å². The van der Waals surface area contributed by atoms with E-state index in [0.29, 0.717) is 92.4 Å². The van der Waals surface area contributed by atoms with Gasteiger partial charge in [-0.1, -0.05) is 30.6 Å². The zero-order chi connectivity index (χ0) is 30.0. The lowest BCUT2D eigenvalue weighted by atomic mass is 10.0. The minimum Gasteiger partial charge on any atom is -0.491 e. The number of ether oxygens (including phenoxy) is 7. The molecule has 236 valence electrons. The Balaban J connectivity index is 1.94. The summed E-state index contributed by atoms with van der Waals surface area (Å²) in [5.74, 6) is 0.777. The summed E-state index contributed by atoms with van der Waals surface area (Å²) >= 11 is 0. The first kappa shape index (κ1) is 37.2. The molecular formula is C28H50N4O8S. The van der Waals surface area contributed by atoms with Crippen LogP contribution in [0.1, 0.15) is 52.1 Å². The molecule has 1 aromatic rings. The molecule has 41 heavy (non-hydrogen) atoms. The Morgan fingerprint density at radius 3 is 1.63 bits per heavy atom. The van der Waals surface area contributed by atoms with Gasteiger partial charge >= 0.3 is 0 Å². The summed E-state index contributed by atoms with van der Waals surface area (Å²) < 4.78 is 53.8. The summed E-state index contributed by atoms with van der Waals surface area (Å²) in [4.78, 5) is 2.64. The van der Waals surface area contributed by atoms with E-state index < -0.39 is 11.0 Å². The van der Waals surface area contributed by atoms with E-state index in [2.05, 4.69) is 21.7 Å². The third-order valence-corrected chi connectivity index (χ3v) is 7.03. The lowest BCUT2D eigenvalue weighted by molar-refractivity contribution is -0.0175. The van der Waals surface area contributed by atoms with Crippen LogP contribution >= 0.6 is 0 Å². The smallest absolute Gasteiger partial charge is 0.119 e. The Morgan fingerprint density at radius 1 is 0.780 bits per heavy atom. The largest absolute Gasteiger partial charge is 0.491 e. The molecule has 2 atom stereocenters. The molecule has 1 rings (SSSR count). The zero-order valence-corrected chi connectivity index (χ0v) is 26.0. The van der Waals surface area contributed by atoms with Crippen molar-refractivity contribution in [1.29, 1.82) is 0 Å². The van der Waals surface area contributed by atoms with E-state index >= 15 is 0 Å². The highest BCUT2D eigenvalue weighted by Crippen LogP contribution is 2.24. The first-order valence-corrected chi connectivity index (χ1v) is 15.4. The Kier molecular flexibility index (Phi) is 22.5. The van der Waals surface area contributed by atoms with Crippen LogP contribution in [0.3, 0.4) is 0 Å². The molecule has 1 N–H and O–H groups in total. The molecule has 13 heteroatoms. The Labute approximate surface area is 247 Å². The Morgan fingerprint density at radius 2 is 1.22 bits per heavy atom. The first-order chi connectivity index (χ1) is 19.9. The fourth-order valence-electron chi connectivity index (χ4n) is 3.25. The average molecular weight is 603 g/mol. The van der Waals surface area contributed by atoms with Crippen molar-refractivity contribution in [2.75, 3.05) is 92.4 Å². The molecule has 0 aliphatic heterocycles. The molecule has 0 heterocycles. The maximum atomic E-state index is 12.5. The molecule has 2 unspecified atom stereocenters. The number of nitrogens with zero attached hydrogens (tertiary/aromatic N) is 3. The maximum Gasteiger partial charge on any atom is 0.119 e. The molecule has 1 aromatic carbocycles. The standard InChI is InChI=1S/C28H50N4O8S/c1-5-6-27(31-41(33)28(2,3)4)25-7-9-26(10-8-25)40-24-23-39-22-21-38-20-19-37-18-17-36-16-15-35-14-13-34-12-11-30-32-29/h7-10,27,31H,5-6,11-24H2,1-4H3. The molecule has 0 spiro atoms. The second kappa shape index (κ2) is 24.8. The second-order valence-electron chi connectivity index (χ2n) is 9.89. The number of hydrogen-bond donors (Lipinski definition) is 1. The molecule has 0 saturated heterocycles. The third-order valence-electron chi connectivity index (χ3n) is 5.42. The summed E-state index contributed by atoms with van der Waals surface area (Å²) in [6, 6.07) is 7.98. The van der Waals surface area contributed by atoms with Gasteiger partial charge in [-0.2, -0.15) is 0 Å². The lowest BCUT2D eigenvalue weighted by Crippen LogP contribution is -2.35. The van der Waals surface area contributed by atoms with Crippen molar-refractivity contribution >= 4 is 11.0 Å². The van der Waals surface area contributed by atoms with Gasteiger partial charge in [0.25, 0.3) is 0 Å². The van der Waals surface area contributed by atoms with Crippen LogP contribution in [-0.2, 0) is 39.4 Å². The van der Waals surface area contributed by atoms with Crippen molar-refractivity contribution in [3.05, 3.63) is 40.3 Å². The first-order valence-electron chi connectivity index (χ1n) is 14.3. The highest BCUT2D eigenvalue weighted by molar-refractivity contribution is 7.84. The summed E-state index contributed by atoms with van der Waals surface area (Å²) in [6.07, 6.45) is 1.91. The second-order valence-corrected chi connectivity index (χ2v) is 11.9. The van der Waals surface area contributed by atoms with Gasteiger partial charge in [-0.15, -0.1) is 0 Å². The summed E-state index contributed by atoms with van der Waals surface area (Å²) in [5, 5.41) is 3.37. The third kappa shape index (κ3) is 20.7. The van der Waals surface area contributed by atoms with Crippen LogP contribution in [0.2, 0.25) is 0 Å². The molecule has 12 nitrogen and oxygen atoms in total. The Bertz CT molecular complexity index is 835. The number of rotatable bonds is 27. The monoisotopic (exact) mass is 602 g/mol. The van der Waals surface area contributed by atoms with Crippen LogP contribution < -0.4 is 9.46 Å². The van der Waals surface area contributed by atoms with Crippen LogP contribution in [0.5, 0.6) is 5.75 Å². The molecule has 0 aliphatic rings. The molecule has 0 fully saturated rings. The van der Waals surface area contributed by atoms with Gasteiger partial charge in [-0.25, -0.2) is 8.93 Å². The zero-order valence-electron chi connectivity index (χ0n) is 25.2. The van der Waals surface area contributed by atoms with Crippen molar-refractivity contribution in [2.45, 2.75) is 51.3 Å². The SMILES string of the molecule is CCCC(NS(=O)C(C)(C)C)c1ccc(OCCOCCOCCOCCOCCOCCOCCN=[N+]=[N-])cc1. The summed E-state index contributed by atoms with van der Waals surface area (Å²) in [5.41, 5.74) is 9.24. The minimum atomic E-state index is -1.13. The molecule has 0 saturated carbocycles. The molecule has 0 bridgehead atoms. The van der Waals surface area contributed by atoms with E-state index in [4.69, 9.17) is 38.7 Å². The highest BCUT2D eigenvalue weighted by Gasteiger charge is 2.23. The van der Waals surface area contributed by atoms with Crippen molar-refractivity contribution in [1.82, 2.24) is 4.72 Å². The van der Waals surface area contributed by atoms with E-state index in [1.807, 2.05) is 45.0 Å². The van der Waals surface area contributed by atoms with Gasteiger partial charge in [-0.3, -0.25) is 0 Å². The lowest BCUT2D eigenvalue weighted by Gasteiger charge is -2.24. The fraction of sp³-hybridized carbons (Fsp3) is 0.786. The minimum absolute atomic E-state index is 0.0440.